The van der Waals surface area contributed by atoms with E-state index < -0.39 is 0 Å². The van der Waals surface area contributed by atoms with Gasteiger partial charge in [0, 0.05) is 44.2 Å². The maximum atomic E-state index is 6.31. The predicted molar refractivity (Wildman–Crippen MR) is 264 cm³/mol. The Labute approximate surface area is 366 Å². The van der Waals surface area contributed by atoms with Crippen molar-refractivity contribution in [2.24, 2.45) is 0 Å². The Bertz CT molecular complexity index is 3560. The van der Waals surface area contributed by atoms with E-state index in [0.717, 1.165) is 66.9 Å². The Morgan fingerprint density at radius 2 is 0.857 bits per heavy atom. The molecule has 0 bridgehead atoms. The molecule has 0 unspecified atom stereocenters. The van der Waals surface area contributed by atoms with Gasteiger partial charge in [-0.15, -0.1) is 0 Å². The highest BCUT2D eigenvalue weighted by atomic mass is 16.3. The van der Waals surface area contributed by atoms with Gasteiger partial charge in [0.2, 0.25) is 0 Å². The van der Waals surface area contributed by atoms with Crippen LogP contribution >= 0.6 is 0 Å². The molecule has 10 aromatic carbocycles. The second-order valence-electron chi connectivity index (χ2n) is 16.1. The molecule has 0 radical (unpaired) electrons. The van der Waals surface area contributed by atoms with Gasteiger partial charge in [0.15, 0.2) is 0 Å². The number of hydrogen-bond acceptors (Lipinski definition) is 2. The van der Waals surface area contributed by atoms with Crippen molar-refractivity contribution >= 4 is 60.8 Å². The minimum absolute atomic E-state index is 0.891. The Balaban J connectivity index is 0.911. The van der Waals surface area contributed by atoms with Gasteiger partial charge in [-0.05, 0) is 106 Å². The van der Waals surface area contributed by atoms with E-state index in [4.69, 9.17) is 4.42 Å². The fourth-order valence-corrected chi connectivity index (χ4v) is 9.47. The van der Waals surface area contributed by atoms with Crippen molar-refractivity contribution < 1.29 is 4.42 Å². The van der Waals surface area contributed by atoms with Crippen molar-refractivity contribution in [2.75, 3.05) is 4.90 Å². The summed E-state index contributed by atoms with van der Waals surface area (Å²) in [6.45, 7) is 0. The number of fused-ring (bicyclic) bond motifs is 6. The van der Waals surface area contributed by atoms with Gasteiger partial charge in [-0.3, -0.25) is 0 Å². The molecule has 12 aromatic rings. The molecule has 0 aliphatic rings. The number of nitrogens with zero attached hydrogens (tertiary/aromatic N) is 2. The first-order valence-electron chi connectivity index (χ1n) is 21.5. The summed E-state index contributed by atoms with van der Waals surface area (Å²) >= 11 is 0. The summed E-state index contributed by atoms with van der Waals surface area (Å²) in [7, 11) is 0. The Morgan fingerprint density at radius 3 is 1.62 bits per heavy atom. The number of rotatable bonds is 8. The van der Waals surface area contributed by atoms with E-state index in [0.29, 0.717) is 0 Å². The first kappa shape index (κ1) is 36.5. The van der Waals surface area contributed by atoms with Crippen LogP contribution in [0, 0.1) is 0 Å². The van der Waals surface area contributed by atoms with Crippen molar-refractivity contribution in [2.45, 2.75) is 0 Å². The lowest BCUT2D eigenvalue weighted by molar-refractivity contribution is 0.669. The van der Waals surface area contributed by atoms with Crippen LogP contribution < -0.4 is 4.90 Å². The average molecular weight is 805 g/mol. The molecule has 0 atom stereocenters. The normalized spacial score (nSPS) is 11.5. The van der Waals surface area contributed by atoms with Crippen LogP contribution in [-0.2, 0) is 0 Å². The van der Waals surface area contributed by atoms with Crippen molar-refractivity contribution in [3.63, 3.8) is 0 Å². The fraction of sp³-hybridized carbons (Fsp3) is 0. The molecule has 0 N–H and O–H groups in total. The summed E-state index contributed by atoms with van der Waals surface area (Å²) in [5, 5.41) is 4.79. The largest absolute Gasteiger partial charge is 0.456 e. The summed E-state index contributed by atoms with van der Waals surface area (Å²) in [5.41, 5.74) is 17.9. The van der Waals surface area contributed by atoms with Crippen LogP contribution in [0.4, 0.5) is 17.1 Å². The summed E-state index contributed by atoms with van der Waals surface area (Å²) in [6, 6.07) is 87.1. The highest BCUT2D eigenvalue weighted by Gasteiger charge is 2.20. The Kier molecular flexibility index (Phi) is 8.83. The molecule has 0 saturated heterocycles. The number of aromatic nitrogens is 1. The minimum atomic E-state index is 0.891. The molecule has 3 nitrogen and oxygen atoms in total. The summed E-state index contributed by atoms with van der Waals surface area (Å²) in [4.78, 5) is 2.39. The van der Waals surface area contributed by atoms with Crippen molar-refractivity contribution in [3.8, 4) is 50.2 Å². The highest BCUT2D eigenvalue weighted by molar-refractivity contribution is 6.13. The SMILES string of the molecule is c1ccc(-c2ccccc2N(c2ccc(-c3ccc(-c4cccc(-n5c6ccccc6c6ccccc65)c4)cc3)cc2)c2cccc(-c3cccc4oc5ccccc5c34)c2)cc1. The molecule has 0 amide bonds. The maximum Gasteiger partial charge on any atom is 0.136 e. The number of benzene rings is 10. The van der Waals surface area contributed by atoms with Gasteiger partial charge < -0.3 is 13.9 Å². The molecule has 2 aromatic heterocycles. The predicted octanol–water partition coefficient (Wildman–Crippen LogP) is 16.8. The average Bonchev–Trinajstić information content (AvgIpc) is 3.91. The van der Waals surface area contributed by atoms with Crippen molar-refractivity contribution in [1.29, 1.82) is 0 Å². The van der Waals surface area contributed by atoms with E-state index in [9.17, 15) is 0 Å². The van der Waals surface area contributed by atoms with Gasteiger partial charge in [0.05, 0.1) is 16.7 Å². The van der Waals surface area contributed by atoms with Gasteiger partial charge in [0.25, 0.3) is 0 Å². The van der Waals surface area contributed by atoms with Crippen molar-refractivity contribution in [1.82, 2.24) is 4.57 Å². The van der Waals surface area contributed by atoms with E-state index in [1.165, 1.54) is 44.1 Å². The molecule has 12 rings (SSSR count). The molecule has 296 valence electrons. The zero-order valence-electron chi connectivity index (χ0n) is 34.4. The standard InChI is InChI=1S/C60H40N2O/c1-2-15-44(16-3-1)50-21-4-8-26-55(50)61(48-19-13-18-46(40-48)51-25-14-30-59-60(51)54-24-7-11-29-58(54)63-59)47-37-35-42(36-38-47)41-31-33-43(34-32-41)45-17-12-20-49(39-45)62-56-27-9-5-22-52(56)53-23-6-10-28-57(53)62/h1-40H. The van der Waals surface area contributed by atoms with Gasteiger partial charge in [-0.25, -0.2) is 0 Å². The third-order valence-electron chi connectivity index (χ3n) is 12.4. The molecule has 2 heterocycles. The highest BCUT2D eigenvalue weighted by Crippen LogP contribution is 2.44. The third kappa shape index (κ3) is 6.38. The smallest absolute Gasteiger partial charge is 0.136 e. The topological polar surface area (TPSA) is 21.3 Å². The zero-order chi connectivity index (χ0) is 41.7. The molecular weight excluding hydrogens is 765 g/mol. The van der Waals surface area contributed by atoms with E-state index in [2.05, 4.69) is 240 Å². The van der Waals surface area contributed by atoms with Gasteiger partial charge in [-0.1, -0.05) is 176 Å². The maximum absolute atomic E-state index is 6.31. The molecule has 3 heteroatoms. The second kappa shape index (κ2) is 15.3. The number of anilines is 3. The van der Waals surface area contributed by atoms with Crippen LogP contribution in [-0.4, -0.2) is 4.57 Å². The number of furan rings is 1. The van der Waals surface area contributed by atoms with E-state index >= 15 is 0 Å². The van der Waals surface area contributed by atoms with Crippen LogP contribution in [0.5, 0.6) is 0 Å². The Morgan fingerprint density at radius 1 is 0.317 bits per heavy atom. The summed E-state index contributed by atoms with van der Waals surface area (Å²) in [5.74, 6) is 0. The first-order chi connectivity index (χ1) is 31.2. The third-order valence-corrected chi connectivity index (χ3v) is 12.4. The van der Waals surface area contributed by atoms with Crippen LogP contribution in [0.15, 0.2) is 247 Å². The van der Waals surface area contributed by atoms with Crippen LogP contribution in [0.2, 0.25) is 0 Å². The van der Waals surface area contributed by atoms with Crippen LogP contribution in [0.1, 0.15) is 0 Å². The van der Waals surface area contributed by atoms with E-state index in [1.54, 1.807) is 0 Å². The molecule has 0 fully saturated rings. The van der Waals surface area contributed by atoms with Gasteiger partial charge in [0.1, 0.15) is 11.2 Å². The van der Waals surface area contributed by atoms with E-state index in [1.807, 2.05) is 12.1 Å². The van der Waals surface area contributed by atoms with E-state index in [-0.39, 0.29) is 0 Å². The molecule has 0 aliphatic carbocycles. The second-order valence-corrected chi connectivity index (χ2v) is 16.1. The molecule has 0 spiro atoms. The number of hydrogen-bond donors (Lipinski definition) is 0. The van der Waals surface area contributed by atoms with Crippen LogP contribution in [0.3, 0.4) is 0 Å². The zero-order valence-corrected chi connectivity index (χ0v) is 34.4. The van der Waals surface area contributed by atoms with Gasteiger partial charge in [-0.2, -0.15) is 0 Å². The summed E-state index contributed by atoms with van der Waals surface area (Å²) in [6.07, 6.45) is 0. The lowest BCUT2D eigenvalue weighted by atomic mass is 9.97. The monoisotopic (exact) mass is 804 g/mol. The van der Waals surface area contributed by atoms with Crippen LogP contribution in [0.25, 0.3) is 93.9 Å². The molecule has 0 saturated carbocycles. The molecular formula is C60H40N2O. The molecule has 63 heavy (non-hydrogen) atoms. The Hall–Kier alpha value is -8.40. The quantitative estimate of drug-likeness (QED) is 0.153. The lowest BCUT2D eigenvalue weighted by Crippen LogP contribution is -2.11. The first-order valence-corrected chi connectivity index (χ1v) is 21.5. The van der Waals surface area contributed by atoms with Crippen molar-refractivity contribution in [3.05, 3.63) is 243 Å². The minimum Gasteiger partial charge on any atom is -0.456 e. The van der Waals surface area contributed by atoms with Gasteiger partial charge >= 0.3 is 0 Å². The lowest BCUT2D eigenvalue weighted by Gasteiger charge is -2.28. The molecule has 0 aliphatic heterocycles. The number of para-hydroxylation sites is 4. The fourth-order valence-electron chi connectivity index (χ4n) is 9.47. The summed E-state index contributed by atoms with van der Waals surface area (Å²) < 4.78 is 8.68.